The van der Waals surface area contributed by atoms with Gasteiger partial charge in [0.05, 0.1) is 0 Å². The summed E-state index contributed by atoms with van der Waals surface area (Å²) in [7, 11) is 0. The maximum atomic E-state index is 12.0. The summed E-state index contributed by atoms with van der Waals surface area (Å²) in [6, 6.07) is 17.0. The molecule has 4 heteroatoms. The van der Waals surface area contributed by atoms with Crippen LogP contribution >= 0.6 is 12.2 Å². The van der Waals surface area contributed by atoms with E-state index in [1.807, 2.05) is 30.3 Å². The number of hydrogen-bond acceptors (Lipinski definition) is 2. The first-order valence-electron chi connectivity index (χ1n) is 6.83. The van der Waals surface area contributed by atoms with E-state index in [1.165, 1.54) is 5.56 Å². The topological polar surface area (TPSA) is 41.1 Å². The van der Waals surface area contributed by atoms with Gasteiger partial charge in [0, 0.05) is 11.3 Å². The summed E-state index contributed by atoms with van der Waals surface area (Å²) in [6.07, 6.45) is 0. The molecule has 0 saturated carbocycles. The maximum Gasteiger partial charge on any atom is 0.257 e. The number of carbonyl (C=O) groups is 1. The number of hydrogen-bond donors (Lipinski definition) is 2. The molecule has 2 rings (SSSR count). The van der Waals surface area contributed by atoms with E-state index in [9.17, 15) is 4.79 Å². The summed E-state index contributed by atoms with van der Waals surface area (Å²) in [6.45, 7) is 4.29. The highest BCUT2D eigenvalue weighted by Crippen LogP contribution is 2.17. The van der Waals surface area contributed by atoms with E-state index in [2.05, 4.69) is 36.6 Å². The molecule has 108 valence electrons. The highest BCUT2D eigenvalue weighted by Gasteiger charge is 2.07. The Morgan fingerprint density at radius 1 is 1.00 bits per heavy atom. The highest BCUT2D eigenvalue weighted by atomic mass is 32.1. The Labute approximate surface area is 130 Å². The lowest BCUT2D eigenvalue weighted by atomic mass is 10.0. The number of nitrogens with one attached hydrogen (secondary N) is 2. The molecule has 0 bridgehead atoms. The van der Waals surface area contributed by atoms with Gasteiger partial charge in [-0.3, -0.25) is 10.1 Å². The summed E-state index contributed by atoms with van der Waals surface area (Å²) in [5.74, 6) is 0.274. The maximum absolute atomic E-state index is 12.0. The first kappa shape index (κ1) is 15.2. The SMILES string of the molecule is CC(C)c1ccc(NC(=S)NC(=O)c2ccccc2)cc1. The van der Waals surface area contributed by atoms with Crippen LogP contribution in [0, 0.1) is 0 Å². The first-order valence-corrected chi connectivity index (χ1v) is 7.24. The fourth-order valence-corrected chi connectivity index (χ4v) is 2.09. The second-order valence-corrected chi connectivity index (χ2v) is 5.46. The van der Waals surface area contributed by atoms with Gasteiger partial charge in [-0.15, -0.1) is 0 Å². The van der Waals surface area contributed by atoms with E-state index in [1.54, 1.807) is 12.1 Å². The monoisotopic (exact) mass is 298 g/mol. The average Bonchev–Trinajstić information content (AvgIpc) is 2.48. The second-order valence-electron chi connectivity index (χ2n) is 5.05. The molecule has 0 aromatic heterocycles. The largest absolute Gasteiger partial charge is 0.332 e. The van der Waals surface area contributed by atoms with Crippen LogP contribution in [0.4, 0.5) is 5.69 Å². The molecule has 0 spiro atoms. The summed E-state index contributed by atoms with van der Waals surface area (Å²) < 4.78 is 0. The lowest BCUT2D eigenvalue weighted by Gasteiger charge is -2.11. The molecule has 3 nitrogen and oxygen atoms in total. The number of carbonyl (C=O) groups excluding carboxylic acids is 1. The molecule has 0 atom stereocenters. The van der Waals surface area contributed by atoms with Crippen molar-refractivity contribution >= 4 is 28.9 Å². The van der Waals surface area contributed by atoms with Crippen molar-refractivity contribution in [3.63, 3.8) is 0 Å². The van der Waals surface area contributed by atoms with Crippen molar-refractivity contribution in [2.45, 2.75) is 19.8 Å². The molecule has 0 radical (unpaired) electrons. The van der Waals surface area contributed by atoms with Crippen LogP contribution in [0.15, 0.2) is 54.6 Å². The zero-order chi connectivity index (χ0) is 15.2. The van der Waals surface area contributed by atoms with E-state index in [-0.39, 0.29) is 5.91 Å². The van der Waals surface area contributed by atoms with Gasteiger partial charge < -0.3 is 5.32 Å². The van der Waals surface area contributed by atoms with Crippen molar-refractivity contribution in [3.05, 3.63) is 65.7 Å². The van der Waals surface area contributed by atoms with Crippen LogP contribution in [-0.4, -0.2) is 11.0 Å². The molecular formula is C17H18N2OS. The quantitative estimate of drug-likeness (QED) is 0.843. The second kappa shape index (κ2) is 6.99. The Hall–Kier alpha value is -2.20. The minimum Gasteiger partial charge on any atom is -0.332 e. The van der Waals surface area contributed by atoms with Crippen molar-refractivity contribution in [2.75, 3.05) is 5.32 Å². The number of rotatable bonds is 3. The Kier molecular flexibility index (Phi) is 5.06. The van der Waals surface area contributed by atoms with Gasteiger partial charge in [-0.25, -0.2) is 0 Å². The molecule has 0 fully saturated rings. The molecule has 2 N–H and O–H groups in total. The number of anilines is 1. The van der Waals surface area contributed by atoms with Gasteiger partial charge in [0.25, 0.3) is 5.91 Å². The Bertz CT molecular complexity index is 621. The Balaban J connectivity index is 1.94. The standard InChI is InChI=1S/C17H18N2OS/c1-12(2)13-8-10-15(11-9-13)18-17(21)19-16(20)14-6-4-3-5-7-14/h3-12H,1-2H3,(H2,18,19,20,21). The fraction of sp³-hybridized carbons (Fsp3) is 0.176. The van der Waals surface area contributed by atoms with E-state index in [0.717, 1.165) is 5.69 Å². The van der Waals surface area contributed by atoms with Gasteiger partial charge >= 0.3 is 0 Å². The van der Waals surface area contributed by atoms with Crippen LogP contribution < -0.4 is 10.6 Å². The lowest BCUT2D eigenvalue weighted by molar-refractivity contribution is 0.0978. The third-order valence-electron chi connectivity index (χ3n) is 3.10. The van der Waals surface area contributed by atoms with Crippen molar-refractivity contribution in [1.29, 1.82) is 0 Å². The molecule has 0 aliphatic rings. The minimum absolute atomic E-state index is 0.216. The summed E-state index contributed by atoms with van der Waals surface area (Å²) in [5, 5.41) is 5.96. The van der Waals surface area contributed by atoms with Crippen LogP contribution in [0.2, 0.25) is 0 Å². The van der Waals surface area contributed by atoms with Gasteiger partial charge in [-0.2, -0.15) is 0 Å². The average molecular weight is 298 g/mol. The summed E-state index contributed by atoms with van der Waals surface area (Å²) in [5.41, 5.74) is 2.70. The molecule has 21 heavy (non-hydrogen) atoms. The molecule has 0 saturated heterocycles. The molecule has 2 aromatic carbocycles. The molecule has 0 aliphatic heterocycles. The molecule has 1 amide bonds. The fourth-order valence-electron chi connectivity index (χ4n) is 1.88. The third-order valence-corrected chi connectivity index (χ3v) is 3.30. The van der Waals surface area contributed by atoms with Crippen molar-refractivity contribution in [3.8, 4) is 0 Å². The Morgan fingerprint density at radius 2 is 1.62 bits per heavy atom. The van der Waals surface area contributed by atoms with E-state index >= 15 is 0 Å². The van der Waals surface area contributed by atoms with Crippen LogP contribution in [0.1, 0.15) is 35.7 Å². The highest BCUT2D eigenvalue weighted by molar-refractivity contribution is 7.80. The number of amides is 1. The molecule has 0 aliphatic carbocycles. The van der Waals surface area contributed by atoms with Crippen molar-refractivity contribution in [1.82, 2.24) is 5.32 Å². The predicted molar refractivity (Wildman–Crippen MR) is 90.7 cm³/mol. The van der Waals surface area contributed by atoms with Crippen molar-refractivity contribution in [2.24, 2.45) is 0 Å². The van der Waals surface area contributed by atoms with Crippen LogP contribution in [0.3, 0.4) is 0 Å². The lowest BCUT2D eigenvalue weighted by Crippen LogP contribution is -2.34. The Morgan fingerprint density at radius 3 is 2.19 bits per heavy atom. The van der Waals surface area contributed by atoms with Crippen LogP contribution in [-0.2, 0) is 0 Å². The molecule has 2 aromatic rings. The van der Waals surface area contributed by atoms with E-state index in [0.29, 0.717) is 16.6 Å². The first-order chi connectivity index (χ1) is 10.1. The molecule has 0 heterocycles. The van der Waals surface area contributed by atoms with Gasteiger partial charge in [0.1, 0.15) is 0 Å². The van der Waals surface area contributed by atoms with E-state index < -0.39 is 0 Å². The van der Waals surface area contributed by atoms with Gasteiger partial charge in [0.2, 0.25) is 0 Å². The molecular weight excluding hydrogens is 280 g/mol. The van der Waals surface area contributed by atoms with Crippen LogP contribution in [0.25, 0.3) is 0 Å². The zero-order valence-electron chi connectivity index (χ0n) is 12.1. The smallest absolute Gasteiger partial charge is 0.257 e. The summed E-state index contributed by atoms with van der Waals surface area (Å²) >= 11 is 5.15. The third kappa shape index (κ3) is 4.39. The van der Waals surface area contributed by atoms with Gasteiger partial charge in [-0.05, 0) is 48.0 Å². The van der Waals surface area contributed by atoms with Gasteiger partial charge in [0.15, 0.2) is 5.11 Å². The number of benzene rings is 2. The van der Waals surface area contributed by atoms with Crippen molar-refractivity contribution < 1.29 is 4.79 Å². The summed E-state index contributed by atoms with van der Waals surface area (Å²) in [4.78, 5) is 12.0. The van der Waals surface area contributed by atoms with Gasteiger partial charge in [-0.1, -0.05) is 44.2 Å². The zero-order valence-corrected chi connectivity index (χ0v) is 12.9. The van der Waals surface area contributed by atoms with E-state index in [4.69, 9.17) is 12.2 Å². The normalized spacial score (nSPS) is 10.2. The predicted octanol–water partition coefficient (Wildman–Crippen LogP) is 3.94. The van der Waals surface area contributed by atoms with Crippen LogP contribution in [0.5, 0.6) is 0 Å². The minimum atomic E-state index is -0.216. The molecule has 0 unspecified atom stereocenters. The number of thiocarbonyl (C=S) groups is 1.